The lowest BCUT2D eigenvalue weighted by Gasteiger charge is -2.57. The molecule has 2 N–H and O–H groups in total. The van der Waals surface area contributed by atoms with Crippen molar-refractivity contribution in [1.82, 2.24) is 0 Å². The summed E-state index contributed by atoms with van der Waals surface area (Å²) in [7, 11) is 0. The molecular formula is C20H28O5. The van der Waals surface area contributed by atoms with Crippen molar-refractivity contribution in [2.75, 3.05) is 0 Å². The number of aliphatic carboxylic acids is 1. The summed E-state index contributed by atoms with van der Waals surface area (Å²) in [6, 6.07) is 0. The number of carboxylic acids is 1. The van der Waals surface area contributed by atoms with E-state index in [-0.39, 0.29) is 17.3 Å². The molecule has 0 spiro atoms. The van der Waals surface area contributed by atoms with Gasteiger partial charge in [0.2, 0.25) is 6.29 Å². The minimum Gasteiger partial charge on any atom is -0.481 e. The number of carbonyl (C=O) groups is 2. The van der Waals surface area contributed by atoms with E-state index in [0.29, 0.717) is 12.0 Å². The van der Waals surface area contributed by atoms with Gasteiger partial charge >= 0.3 is 11.9 Å². The number of hydrogen-bond acceptors (Lipinski definition) is 4. The molecule has 5 heteroatoms. The summed E-state index contributed by atoms with van der Waals surface area (Å²) in [5.41, 5.74) is 0.888. The molecule has 0 saturated heterocycles. The first-order chi connectivity index (χ1) is 11.7. The van der Waals surface area contributed by atoms with Gasteiger partial charge in [0.15, 0.2) is 0 Å². The molecule has 3 aliphatic rings. The van der Waals surface area contributed by atoms with Crippen LogP contribution in [0.2, 0.25) is 0 Å². The molecule has 0 amide bonds. The number of fused-ring (bicyclic) bond motifs is 1. The van der Waals surface area contributed by atoms with Crippen molar-refractivity contribution >= 4 is 11.9 Å². The summed E-state index contributed by atoms with van der Waals surface area (Å²) >= 11 is 0. The highest BCUT2D eigenvalue weighted by molar-refractivity contribution is 5.90. The molecular weight excluding hydrogens is 320 g/mol. The van der Waals surface area contributed by atoms with Crippen molar-refractivity contribution in [3.8, 4) is 0 Å². The lowest BCUT2D eigenvalue weighted by molar-refractivity contribution is -0.164. The van der Waals surface area contributed by atoms with E-state index in [9.17, 15) is 19.8 Å². The highest BCUT2D eigenvalue weighted by Gasteiger charge is 2.57. The Kier molecular flexibility index (Phi) is 4.56. The fourth-order valence-electron chi connectivity index (χ4n) is 5.68. The van der Waals surface area contributed by atoms with Crippen LogP contribution < -0.4 is 0 Å². The summed E-state index contributed by atoms with van der Waals surface area (Å²) in [6.45, 7) is 8.38. The standard InChI is InChI=1S/C20H28O5/c1-12-5-8-15-19(2,9-4-10-20(15,3)18(23)24)14(12)7-6-13-11-16(21)25-17(13)22/h11,14-16,21H,1,4-10H2,2-3H3,(H,23,24)/t14-,15+,16+,19-,20+/m0/s1. The summed E-state index contributed by atoms with van der Waals surface area (Å²) < 4.78 is 4.76. The molecule has 1 aliphatic heterocycles. The molecule has 1 heterocycles. The maximum absolute atomic E-state index is 12.0. The third-order valence-corrected chi connectivity index (χ3v) is 7.04. The van der Waals surface area contributed by atoms with Gasteiger partial charge in [-0.2, -0.15) is 0 Å². The van der Waals surface area contributed by atoms with Crippen LogP contribution in [0.25, 0.3) is 0 Å². The highest BCUT2D eigenvalue weighted by Crippen LogP contribution is 2.62. The molecule has 0 radical (unpaired) electrons. The molecule has 0 aromatic rings. The summed E-state index contributed by atoms with van der Waals surface area (Å²) in [5, 5.41) is 19.3. The molecule has 2 saturated carbocycles. The number of hydrogen-bond donors (Lipinski definition) is 2. The van der Waals surface area contributed by atoms with Crippen LogP contribution in [-0.4, -0.2) is 28.4 Å². The number of aliphatic hydroxyl groups is 1. The predicted molar refractivity (Wildman–Crippen MR) is 92.5 cm³/mol. The van der Waals surface area contributed by atoms with Gasteiger partial charge in [-0.05, 0) is 68.8 Å². The number of rotatable bonds is 4. The molecule has 5 nitrogen and oxygen atoms in total. The van der Waals surface area contributed by atoms with Crippen molar-refractivity contribution in [1.29, 1.82) is 0 Å². The number of carboxylic acid groups (broad SMARTS) is 1. The first-order valence-electron chi connectivity index (χ1n) is 9.19. The SMILES string of the molecule is C=C1CC[C@@H]2[C@@](C)(CCC[C@@]2(C)C(=O)O)[C@H]1CCC1=C[C@H](O)OC1=O. The van der Waals surface area contributed by atoms with Crippen LogP contribution in [0.3, 0.4) is 0 Å². The van der Waals surface area contributed by atoms with E-state index in [0.717, 1.165) is 38.5 Å². The topological polar surface area (TPSA) is 83.8 Å². The van der Waals surface area contributed by atoms with Gasteiger partial charge in [-0.25, -0.2) is 4.79 Å². The number of cyclic esters (lactones) is 1. The van der Waals surface area contributed by atoms with Crippen molar-refractivity contribution in [2.45, 2.75) is 65.1 Å². The third kappa shape index (κ3) is 2.92. The van der Waals surface area contributed by atoms with Gasteiger partial charge in [0.05, 0.1) is 5.41 Å². The second-order valence-corrected chi connectivity index (χ2v) is 8.41. The lowest BCUT2D eigenvalue weighted by Crippen LogP contribution is -2.53. The molecule has 0 aromatic carbocycles. The maximum atomic E-state index is 12.0. The molecule has 2 aliphatic carbocycles. The van der Waals surface area contributed by atoms with Crippen molar-refractivity contribution in [3.63, 3.8) is 0 Å². The molecule has 25 heavy (non-hydrogen) atoms. The van der Waals surface area contributed by atoms with Gasteiger partial charge in [-0.15, -0.1) is 0 Å². The highest BCUT2D eigenvalue weighted by atomic mass is 16.6. The minimum atomic E-state index is -1.13. The van der Waals surface area contributed by atoms with Gasteiger partial charge in [0.25, 0.3) is 0 Å². The van der Waals surface area contributed by atoms with Crippen LogP contribution in [0.15, 0.2) is 23.8 Å². The Morgan fingerprint density at radius 1 is 1.40 bits per heavy atom. The third-order valence-electron chi connectivity index (χ3n) is 7.04. The summed E-state index contributed by atoms with van der Waals surface area (Å²) in [5.74, 6) is -0.831. The van der Waals surface area contributed by atoms with Gasteiger partial charge in [-0.3, -0.25) is 4.79 Å². The van der Waals surface area contributed by atoms with E-state index < -0.39 is 23.6 Å². The van der Waals surface area contributed by atoms with Crippen LogP contribution in [0.5, 0.6) is 0 Å². The number of carbonyl (C=O) groups excluding carboxylic acids is 1. The zero-order valence-corrected chi connectivity index (χ0v) is 15.1. The molecule has 0 bridgehead atoms. The zero-order chi connectivity index (χ0) is 18.4. The monoisotopic (exact) mass is 348 g/mol. The molecule has 5 atom stereocenters. The maximum Gasteiger partial charge on any atom is 0.336 e. The van der Waals surface area contributed by atoms with Gasteiger partial charge in [0, 0.05) is 5.57 Å². The van der Waals surface area contributed by atoms with Crippen molar-refractivity contribution < 1.29 is 24.5 Å². The Hall–Kier alpha value is -1.62. The van der Waals surface area contributed by atoms with E-state index >= 15 is 0 Å². The Morgan fingerprint density at radius 2 is 2.12 bits per heavy atom. The van der Waals surface area contributed by atoms with Crippen LogP contribution in [0.1, 0.15) is 58.8 Å². The second-order valence-electron chi connectivity index (χ2n) is 8.41. The summed E-state index contributed by atoms with van der Waals surface area (Å²) in [4.78, 5) is 23.7. The molecule has 0 unspecified atom stereocenters. The first kappa shape index (κ1) is 18.2. The normalized spacial score (nSPS) is 41.1. The van der Waals surface area contributed by atoms with Gasteiger partial charge in [-0.1, -0.05) is 25.5 Å². The van der Waals surface area contributed by atoms with Crippen LogP contribution in [0.4, 0.5) is 0 Å². The predicted octanol–water partition coefficient (Wildman–Crippen LogP) is 3.43. The van der Waals surface area contributed by atoms with Gasteiger partial charge in [0.1, 0.15) is 0 Å². The Labute approximate surface area is 148 Å². The largest absolute Gasteiger partial charge is 0.481 e. The average Bonchev–Trinajstić information content (AvgIpc) is 2.84. The summed E-state index contributed by atoms with van der Waals surface area (Å²) in [6.07, 6.45) is 5.96. The Bertz CT molecular complexity index is 636. The van der Waals surface area contributed by atoms with Crippen LogP contribution >= 0.6 is 0 Å². The fraction of sp³-hybridized carbons (Fsp3) is 0.700. The number of esters is 1. The Morgan fingerprint density at radius 3 is 2.72 bits per heavy atom. The lowest BCUT2D eigenvalue weighted by atomic mass is 9.46. The van der Waals surface area contributed by atoms with E-state index in [4.69, 9.17) is 4.74 Å². The van der Waals surface area contributed by atoms with E-state index in [1.807, 2.05) is 6.92 Å². The molecule has 2 fully saturated rings. The van der Waals surface area contributed by atoms with Crippen LogP contribution in [-0.2, 0) is 14.3 Å². The number of allylic oxidation sites excluding steroid dienone is 1. The Balaban J connectivity index is 1.83. The van der Waals surface area contributed by atoms with E-state index in [1.54, 1.807) is 0 Å². The molecule has 0 aromatic heterocycles. The minimum absolute atomic E-state index is 0.109. The molecule has 3 rings (SSSR count). The van der Waals surface area contributed by atoms with Crippen molar-refractivity contribution in [2.24, 2.45) is 22.7 Å². The average molecular weight is 348 g/mol. The van der Waals surface area contributed by atoms with Gasteiger partial charge < -0.3 is 14.9 Å². The number of ether oxygens (including phenoxy) is 1. The molecule has 138 valence electrons. The van der Waals surface area contributed by atoms with E-state index in [1.165, 1.54) is 11.6 Å². The number of aliphatic hydroxyl groups excluding tert-OH is 1. The van der Waals surface area contributed by atoms with Crippen LogP contribution in [0, 0.1) is 22.7 Å². The van der Waals surface area contributed by atoms with Crippen molar-refractivity contribution in [3.05, 3.63) is 23.8 Å². The zero-order valence-electron chi connectivity index (χ0n) is 15.1. The van der Waals surface area contributed by atoms with E-state index in [2.05, 4.69) is 13.5 Å². The second kappa shape index (κ2) is 6.27. The first-order valence-corrected chi connectivity index (χ1v) is 9.19. The smallest absolute Gasteiger partial charge is 0.336 e. The fourth-order valence-corrected chi connectivity index (χ4v) is 5.68. The quantitative estimate of drug-likeness (QED) is 0.601.